The van der Waals surface area contributed by atoms with Gasteiger partial charge in [0, 0.05) is 47.0 Å². The van der Waals surface area contributed by atoms with Crippen LogP contribution < -0.4 is 10.9 Å². The molecule has 3 heterocycles. The smallest absolute Gasteiger partial charge is 0.254 e. The van der Waals surface area contributed by atoms with E-state index >= 15 is 0 Å². The van der Waals surface area contributed by atoms with Gasteiger partial charge in [-0.2, -0.15) is 5.10 Å². The van der Waals surface area contributed by atoms with E-state index in [1.165, 1.54) is 0 Å². The molecular formula is C24H24N6O2. The van der Waals surface area contributed by atoms with Gasteiger partial charge in [0.1, 0.15) is 5.82 Å². The van der Waals surface area contributed by atoms with Crippen LogP contribution in [0.4, 0.5) is 5.69 Å². The van der Waals surface area contributed by atoms with Crippen LogP contribution in [0, 0.1) is 20.8 Å². The third-order valence-electron chi connectivity index (χ3n) is 5.16. The van der Waals surface area contributed by atoms with E-state index in [2.05, 4.69) is 25.4 Å². The minimum Gasteiger partial charge on any atom is -0.326 e. The van der Waals surface area contributed by atoms with Crippen LogP contribution in [-0.4, -0.2) is 30.6 Å². The van der Waals surface area contributed by atoms with E-state index in [-0.39, 0.29) is 17.9 Å². The predicted octanol–water partition coefficient (Wildman–Crippen LogP) is 3.51. The van der Waals surface area contributed by atoms with Crippen molar-refractivity contribution in [2.75, 3.05) is 5.32 Å². The second-order valence-electron chi connectivity index (χ2n) is 7.65. The molecule has 0 radical (unpaired) electrons. The first kappa shape index (κ1) is 21.2. The maximum atomic E-state index is 12.6. The highest BCUT2D eigenvalue weighted by Gasteiger charge is 2.12. The summed E-state index contributed by atoms with van der Waals surface area (Å²) in [6.45, 7) is 5.71. The molecule has 4 rings (SSSR count). The molecule has 32 heavy (non-hydrogen) atoms. The number of amides is 1. The molecule has 2 N–H and O–H groups in total. The summed E-state index contributed by atoms with van der Waals surface area (Å²) in [6, 6.07) is 13.1. The normalized spacial score (nSPS) is 10.8. The third-order valence-corrected chi connectivity index (χ3v) is 5.16. The van der Waals surface area contributed by atoms with Crippen molar-refractivity contribution in [2.45, 2.75) is 33.6 Å². The van der Waals surface area contributed by atoms with Crippen LogP contribution in [0.15, 0.2) is 59.7 Å². The van der Waals surface area contributed by atoms with Gasteiger partial charge in [0.05, 0.1) is 11.4 Å². The van der Waals surface area contributed by atoms with Gasteiger partial charge in [0.2, 0.25) is 5.91 Å². The molecule has 0 fully saturated rings. The number of carbonyl (C=O) groups is 1. The number of nitrogens with zero attached hydrogens (tertiary/aromatic N) is 4. The van der Waals surface area contributed by atoms with Crippen molar-refractivity contribution in [3.8, 4) is 17.1 Å². The zero-order valence-electron chi connectivity index (χ0n) is 18.2. The van der Waals surface area contributed by atoms with Crippen LogP contribution in [0.1, 0.15) is 29.1 Å². The van der Waals surface area contributed by atoms with Crippen molar-refractivity contribution >= 4 is 11.6 Å². The molecule has 0 saturated carbocycles. The summed E-state index contributed by atoms with van der Waals surface area (Å²) in [4.78, 5) is 36.4. The van der Waals surface area contributed by atoms with E-state index < -0.39 is 0 Å². The highest BCUT2D eigenvalue weighted by atomic mass is 16.1. The number of pyridine rings is 1. The Morgan fingerprint density at radius 2 is 1.88 bits per heavy atom. The summed E-state index contributed by atoms with van der Waals surface area (Å²) in [5.41, 5.74) is 5.17. The SMILES string of the molecule is Cc1cc(C)n(-c2cccc(NC(=O)CCc3c(C)nc(-c4ccncc4)[nH]c3=O)c2)n1. The number of benzene rings is 1. The Morgan fingerprint density at radius 3 is 2.56 bits per heavy atom. The topological polar surface area (TPSA) is 106 Å². The van der Waals surface area contributed by atoms with Gasteiger partial charge in [-0.3, -0.25) is 14.6 Å². The van der Waals surface area contributed by atoms with Gasteiger partial charge in [0.15, 0.2) is 0 Å². The minimum atomic E-state index is -0.233. The van der Waals surface area contributed by atoms with Gasteiger partial charge >= 0.3 is 0 Å². The molecule has 0 aliphatic carbocycles. The summed E-state index contributed by atoms with van der Waals surface area (Å²) < 4.78 is 1.84. The first-order chi connectivity index (χ1) is 15.4. The van der Waals surface area contributed by atoms with E-state index in [1.54, 1.807) is 31.5 Å². The first-order valence-electron chi connectivity index (χ1n) is 10.3. The molecular weight excluding hydrogens is 404 g/mol. The molecule has 4 aromatic rings. The monoisotopic (exact) mass is 428 g/mol. The second-order valence-corrected chi connectivity index (χ2v) is 7.65. The Bertz CT molecular complexity index is 1320. The fraction of sp³-hybridized carbons (Fsp3) is 0.208. The lowest BCUT2D eigenvalue weighted by atomic mass is 10.1. The number of hydrogen-bond acceptors (Lipinski definition) is 5. The number of hydrogen-bond donors (Lipinski definition) is 2. The van der Waals surface area contributed by atoms with E-state index in [0.29, 0.717) is 29.2 Å². The third kappa shape index (κ3) is 4.64. The van der Waals surface area contributed by atoms with Gasteiger partial charge in [-0.25, -0.2) is 9.67 Å². The van der Waals surface area contributed by atoms with Crippen LogP contribution in [0.25, 0.3) is 17.1 Å². The zero-order valence-corrected chi connectivity index (χ0v) is 18.2. The number of nitrogens with one attached hydrogen (secondary N) is 2. The van der Waals surface area contributed by atoms with Crippen molar-refractivity contribution in [1.82, 2.24) is 24.7 Å². The van der Waals surface area contributed by atoms with E-state index in [4.69, 9.17) is 0 Å². The highest BCUT2D eigenvalue weighted by molar-refractivity contribution is 5.91. The maximum absolute atomic E-state index is 12.6. The fourth-order valence-corrected chi connectivity index (χ4v) is 3.62. The summed E-state index contributed by atoms with van der Waals surface area (Å²) in [6.07, 6.45) is 3.76. The number of aryl methyl sites for hydroxylation is 3. The first-order valence-corrected chi connectivity index (χ1v) is 10.3. The molecule has 0 aliphatic heterocycles. The van der Waals surface area contributed by atoms with E-state index in [1.807, 2.05) is 48.9 Å². The van der Waals surface area contributed by atoms with Gasteiger partial charge < -0.3 is 10.3 Å². The highest BCUT2D eigenvalue weighted by Crippen LogP contribution is 2.18. The lowest BCUT2D eigenvalue weighted by molar-refractivity contribution is -0.116. The van der Waals surface area contributed by atoms with E-state index in [0.717, 1.165) is 22.6 Å². The Morgan fingerprint density at radius 1 is 1.09 bits per heavy atom. The fourth-order valence-electron chi connectivity index (χ4n) is 3.62. The van der Waals surface area contributed by atoms with Gasteiger partial charge in [-0.15, -0.1) is 0 Å². The Balaban J connectivity index is 1.44. The van der Waals surface area contributed by atoms with Gasteiger partial charge in [0.25, 0.3) is 5.56 Å². The quantitative estimate of drug-likeness (QED) is 0.489. The molecule has 1 amide bonds. The summed E-state index contributed by atoms with van der Waals surface area (Å²) >= 11 is 0. The molecule has 0 bridgehead atoms. The Kier molecular flexibility index (Phi) is 5.93. The van der Waals surface area contributed by atoms with Crippen LogP contribution in [0.2, 0.25) is 0 Å². The molecule has 0 unspecified atom stereocenters. The summed E-state index contributed by atoms with van der Waals surface area (Å²) in [7, 11) is 0. The van der Waals surface area contributed by atoms with Crippen molar-refractivity contribution in [1.29, 1.82) is 0 Å². The number of rotatable bonds is 6. The average Bonchev–Trinajstić information content (AvgIpc) is 3.11. The van der Waals surface area contributed by atoms with Crippen molar-refractivity contribution in [3.63, 3.8) is 0 Å². The molecule has 0 spiro atoms. The molecule has 8 nitrogen and oxygen atoms in total. The van der Waals surface area contributed by atoms with Crippen molar-refractivity contribution in [2.24, 2.45) is 0 Å². The molecule has 1 aromatic carbocycles. The molecule has 8 heteroatoms. The maximum Gasteiger partial charge on any atom is 0.254 e. The van der Waals surface area contributed by atoms with Crippen LogP contribution in [-0.2, 0) is 11.2 Å². The molecule has 0 aliphatic rings. The molecule has 162 valence electrons. The molecule has 0 saturated heterocycles. The summed E-state index contributed by atoms with van der Waals surface area (Å²) in [5, 5.41) is 7.39. The van der Waals surface area contributed by atoms with Crippen molar-refractivity contribution < 1.29 is 4.79 Å². The Labute approximate surface area is 185 Å². The number of aromatic amines is 1. The van der Waals surface area contributed by atoms with Crippen molar-refractivity contribution in [3.05, 3.63) is 87.9 Å². The van der Waals surface area contributed by atoms with Crippen LogP contribution >= 0.6 is 0 Å². The number of anilines is 1. The lowest BCUT2D eigenvalue weighted by Crippen LogP contribution is -2.20. The summed E-state index contributed by atoms with van der Waals surface area (Å²) in [5.74, 6) is 0.316. The zero-order chi connectivity index (χ0) is 22.7. The molecule has 3 aromatic heterocycles. The average molecular weight is 428 g/mol. The number of aromatic nitrogens is 5. The molecule has 0 atom stereocenters. The largest absolute Gasteiger partial charge is 0.326 e. The van der Waals surface area contributed by atoms with Gasteiger partial charge in [-0.1, -0.05) is 6.07 Å². The Hall–Kier alpha value is -4.07. The predicted molar refractivity (Wildman–Crippen MR) is 123 cm³/mol. The van der Waals surface area contributed by atoms with Crippen LogP contribution in [0.3, 0.4) is 0 Å². The van der Waals surface area contributed by atoms with E-state index in [9.17, 15) is 9.59 Å². The lowest BCUT2D eigenvalue weighted by Gasteiger charge is -2.10. The minimum absolute atomic E-state index is 0.171. The second kappa shape index (κ2) is 8.97. The van der Waals surface area contributed by atoms with Crippen LogP contribution in [0.5, 0.6) is 0 Å². The number of carbonyl (C=O) groups excluding carboxylic acids is 1. The van der Waals surface area contributed by atoms with Gasteiger partial charge in [-0.05, 0) is 63.6 Å². The number of H-pyrrole nitrogens is 1. The standard InChI is InChI=1S/C24H24N6O2/c1-15-13-16(2)30(29-15)20-6-4-5-19(14-20)27-22(31)8-7-21-17(3)26-23(28-24(21)32)18-9-11-25-12-10-18/h4-6,9-14H,7-8H2,1-3H3,(H,27,31)(H,26,28,32).